The van der Waals surface area contributed by atoms with Crippen LogP contribution >= 0.6 is 36.2 Å². The Balaban J connectivity index is 0. The summed E-state index contributed by atoms with van der Waals surface area (Å²) in [6, 6.07) is 0. The molecule has 0 unspecified atom stereocenters. The summed E-state index contributed by atoms with van der Waals surface area (Å²) in [5.41, 5.74) is 0. The first kappa shape index (κ1) is 12.6. The van der Waals surface area contributed by atoms with E-state index in [1.54, 1.807) is 0 Å². The van der Waals surface area contributed by atoms with Crippen molar-refractivity contribution in [3.63, 3.8) is 0 Å². The Kier molecular flexibility index (Phi) is 9.84. The monoisotopic (exact) mass is 301 g/mol. The van der Waals surface area contributed by atoms with Crippen molar-refractivity contribution in [1.82, 2.24) is 0 Å². The van der Waals surface area contributed by atoms with Crippen molar-refractivity contribution in [3.05, 3.63) is 24.3 Å². The molecule has 0 aromatic rings. The molecular formula is C6H6ISZn-. The summed E-state index contributed by atoms with van der Waals surface area (Å²) in [4.78, 5) is 0.975. The van der Waals surface area contributed by atoms with Crippen LogP contribution in [0, 0.1) is 6.08 Å². The topological polar surface area (TPSA) is 0 Å². The zero-order valence-corrected chi connectivity index (χ0v) is 11.1. The SMILES string of the molecule is I.S=C1C=[C-]C=CC1.[Zn]. The minimum atomic E-state index is 0. The molecule has 0 aromatic heterocycles. The largest absolute Gasteiger partial charge is 0.186 e. The van der Waals surface area contributed by atoms with Gasteiger partial charge < -0.3 is 0 Å². The standard InChI is InChI=1S/C6H5S.HI.Zn/c7-6-4-2-1-3-5-6;;/h1-2,5H,4H2;1H;/q-1;;. The van der Waals surface area contributed by atoms with E-state index < -0.39 is 0 Å². The van der Waals surface area contributed by atoms with Crippen LogP contribution in [0.3, 0.4) is 0 Å². The molecule has 0 saturated heterocycles. The summed E-state index contributed by atoms with van der Waals surface area (Å²) in [7, 11) is 0. The molecule has 1 aliphatic carbocycles. The Bertz CT molecular complexity index is 140. The van der Waals surface area contributed by atoms with E-state index in [0.717, 1.165) is 11.3 Å². The van der Waals surface area contributed by atoms with Gasteiger partial charge in [-0.2, -0.15) is 36.5 Å². The molecule has 0 N–H and O–H groups in total. The smallest absolute Gasteiger partial charge is 0 e. The molecule has 0 spiro atoms. The van der Waals surface area contributed by atoms with Crippen LogP contribution in [0.1, 0.15) is 6.42 Å². The third kappa shape index (κ3) is 5.37. The molecule has 9 heavy (non-hydrogen) atoms. The second-order valence-electron chi connectivity index (χ2n) is 1.38. The van der Waals surface area contributed by atoms with Crippen molar-refractivity contribution in [1.29, 1.82) is 0 Å². The zero-order chi connectivity index (χ0) is 5.11. The fourth-order valence-electron chi connectivity index (χ4n) is 0.443. The molecule has 0 saturated carbocycles. The van der Waals surface area contributed by atoms with Crippen LogP contribution in [0.25, 0.3) is 0 Å². The molecule has 0 fully saturated rings. The van der Waals surface area contributed by atoms with Crippen LogP contribution in [-0.4, -0.2) is 4.86 Å². The molecule has 0 bridgehead atoms. The van der Waals surface area contributed by atoms with Gasteiger partial charge >= 0.3 is 0 Å². The maximum absolute atomic E-state index is 4.84. The molecule has 0 amide bonds. The molecule has 1 rings (SSSR count). The van der Waals surface area contributed by atoms with E-state index >= 15 is 0 Å². The van der Waals surface area contributed by atoms with Gasteiger partial charge in [-0.1, -0.05) is 11.3 Å². The maximum Gasteiger partial charge on any atom is 0 e. The predicted molar refractivity (Wildman–Crippen MR) is 49.6 cm³/mol. The van der Waals surface area contributed by atoms with Gasteiger partial charge in [0.05, 0.1) is 0 Å². The Morgan fingerprint density at radius 1 is 1.56 bits per heavy atom. The number of hydrogen-bond donors (Lipinski definition) is 0. The fraction of sp³-hybridized carbons (Fsp3) is 0.167. The molecule has 0 radical (unpaired) electrons. The number of halogens is 1. The van der Waals surface area contributed by atoms with Crippen LogP contribution in [-0.2, 0) is 19.5 Å². The first-order valence-corrected chi connectivity index (χ1v) is 2.57. The summed E-state index contributed by atoms with van der Waals surface area (Å²) >= 11 is 4.84. The van der Waals surface area contributed by atoms with Gasteiger partial charge in [-0.3, -0.25) is 0 Å². The van der Waals surface area contributed by atoms with Crippen LogP contribution < -0.4 is 0 Å². The summed E-state index contributed by atoms with van der Waals surface area (Å²) in [6.45, 7) is 0. The third-order valence-electron chi connectivity index (χ3n) is 0.777. The molecule has 1 aliphatic rings. The van der Waals surface area contributed by atoms with Gasteiger partial charge in [0, 0.05) is 19.5 Å². The van der Waals surface area contributed by atoms with Gasteiger partial charge in [0.15, 0.2) is 0 Å². The third-order valence-corrected chi connectivity index (χ3v) is 1.06. The molecule has 0 nitrogen and oxygen atoms in total. The normalized spacial score (nSPS) is 14.0. The molecule has 46 valence electrons. The van der Waals surface area contributed by atoms with E-state index in [9.17, 15) is 0 Å². The predicted octanol–water partition coefficient (Wildman–Crippen LogP) is 2.29. The number of hydrogen-bond acceptors (Lipinski definition) is 1. The molecule has 0 aromatic carbocycles. The molecule has 0 atom stereocenters. The van der Waals surface area contributed by atoms with E-state index in [1.807, 2.05) is 18.2 Å². The van der Waals surface area contributed by atoms with Crippen LogP contribution in [0.15, 0.2) is 18.2 Å². The zero-order valence-electron chi connectivity index (χ0n) is 4.96. The van der Waals surface area contributed by atoms with Crippen molar-refractivity contribution in [2.45, 2.75) is 6.42 Å². The van der Waals surface area contributed by atoms with Crippen LogP contribution in [0.4, 0.5) is 0 Å². The molecular weight excluding hydrogens is 296 g/mol. The Morgan fingerprint density at radius 2 is 2.22 bits per heavy atom. The Hall–Kier alpha value is 0.923. The Labute approximate surface area is 90.6 Å². The van der Waals surface area contributed by atoms with Gasteiger partial charge in [0.25, 0.3) is 0 Å². The minimum absolute atomic E-state index is 0. The summed E-state index contributed by atoms with van der Waals surface area (Å²) in [5, 5.41) is 0. The Morgan fingerprint density at radius 3 is 2.44 bits per heavy atom. The maximum atomic E-state index is 4.84. The van der Waals surface area contributed by atoms with Gasteiger partial charge in [0.2, 0.25) is 0 Å². The van der Waals surface area contributed by atoms with E-state index in [4.69, 9.17) is 12.2 Å². The summed E-state index contributed by atoms with van der Waals surface area (Å²) < 4.78 is 0. The number of thiocarbonyl (C=S) groups is 1. The average molecular weight is 302 g/mol. The molecule has 3 heteroatoms. The summed E-state index contributed by atoms with van der Waals surface area (Å²) in [6.07, 6.45) is 9.52. The second kappa shape index (κ2) is 7.04. The first-order valence-electron chi connectivity index (χ1n) is 2.17. The van der Waals surface area contributed by atoms with Crippen molar-refractivity contribution in [2.24, 2.45) is 0 Å². The van der Waals surface area contributed by atoms with Gasteiger partial charge in [-0.25, -0.2) is 0 Å². The number of allylic oxidation sites excluding steroid dienone is 4. The van der Waals surface area contributed by atoms with Crippen molar-refractivity contribution in [2.75, 3.05) is 0 Å². The van der Waals surface area contributed by atoms with Crippen LogP contribution in [0.2, 0.25) is 0 Å². The first-order chi connectivity index (χ1) is 3.39. The minimum Gasteiger partial charge on any atom is -0.186 e. The van der Waals surface area contributed by atoms with E-state index in [1.165, 1.54) is 0 Å². The van der Waals surface area contributed by atoms with Gasteiger partial charge in [-0.15, -0.1) is 24.0 Å². The van der Waals surface area contributed by atoms with Crippen molar-refractivity contribution >= 4 is 41.1 Å². The van der Waals surface area contributed by atoms with Crippen molar-refractivity contribution in [3.8, 4) is 0 Å². The average Bonchev–Trinajstić information content (AvgIpc) is 1.69. The number of rotatable bonds is 0. The van der Waals surface area contributed by atoms with Gasteiger partial charge in [0.1, 0.15) is 0 Å². The van der Waals surface area contributed by atoms with Crippen molar-refractivity contribution < 1.29 is 19.5 Å². The van der Waals surface area contributed by atoms with E-state index in [-0.39, 0.29) is 43.5 Å². The van der Waals surface area contributed by atoms with E-state index in [2.05, 4.69) is 6.08 Å². The summed E-state index contributed by atoms with van der Waals surface area (Å²) in [5.74, 6) is 0. The molecule has 0 heterocycles. The fourth-order valence-corrected chi connectivity index (χ4v) is 0.607. The van der Waals surface area contributed by atoms with E-state index in [0.29, 0.717) is 0 Å². The van der Waals surface area contributed by atoms with Crippen LogP contribution in [0.5, 0.6) is 0 Å². The second-order valence-corrected chi connectivity index (χ2v) is 1.91. The molecule has 0 aliphatic heterocycles. The quantitative estimate of drug-likeness (QED) is 0.286. The van der Waals surface area contributed by atoms with Gasteiger partial charge in [-0.05, 0) is 0 Å².